The van der Waals surface area contributed by atoms with Gasteiger partial charge < -0.3 is 0 Å². The highest BCUT2D eigenvalue weighted by Gasteiger charge is 2.11. The summed E-state index contributed by atoms with van der Waals surface area (Å²) in [7, 11) is -3.48. The summed E-state index contributed by atoms with van der Waals surface area (Å²) < 4.78 is 25.5. The Hall–Kier alpha value is -1.02. The number of rotatable bonds is 5. The van der Waals surface area contributed by atoms with E-state index >= 15 is 0 Å². The molecule has 1 aromatic carbocycles. The van der Waals surface area contributed by atoms with Gasteiger partial charge in [0.25, 0.3) is 0 Å². The lowest BCUT2D eigenvalue weighted by molar-refractivity contribution is 0.586. The van der Waals surface area contributed by atoms with Gasteiger partial charge in [-0.1, -0.05) is 18.1 Å². The highest BCUT2D eigenvalue weighted by atomic mass is 35.5. The van der Waals surface area contributed by atoms with Gasteiger partial charge in [0.05, 0.1) is 11.4 Å². The predicted octanol–water partition coefficient (Wildman–Crippen LogP) is 1.38. The average molecular weight is 258 g/mol. The molecule has 0 unspecified atom stereocenters. The Kier molecular flexibility index (Phi) is 4.81. The van der Waals surface area contributed by atoms with Crippen molar-refractivity contribution in [1.29, 1.82) is 0 Å². The Labute approximate surface area is 101 Å². The molecule has 0 saturated heterocycles. The van der Waals surface area contributed by atoms with Crippen LogP contribution >= 0.6 is 11.6 Å². The first-order chi connectivity index (χ1) is 7.60. The molecule has 0 aliphatic heterocycles. The fourth-order valence-corrected chi connectivity index (χ4v) is 2.32. The highest BCUT2D eigenvalue weighted by molar-refractivity contribution is 7.89. The fraction of sp³-hybridized carbons (Fsp3) is 0.273. The Morgan fingerprint density at radius 2 is 1.94 bits per heavy atom. The molecule has 0 spiro atoms. The zero-order chi connectivity index (χ0) is 12.0. The molecule has 1 aromatic rings. The Morgan fingerprint density at radius 1 is 1.31 bits per heavy atom. The molecule has 0 fully saturated rings. The van der Waals surface area contributed by atoms with E-state index in [4.69, 9.17) is 18.0 Å². The second kappa shape index (κ2) is 5.90. The molecule has 1 N–H and O–H groups in total. The molecular weight excluding hydrogens is 246 g/mol. The largest absolute Gasteiger partial charge is 0.241 e. The molecular formula is C11H12ClNO2S. The summed E-state index contributed by atoms with van der Waals surface area (Å²) in [4.78, 5) is 0.209. The number of nitrogens with one attached hydrogen (secondary N) is 1. The number of hydrogen-bond donors (Lipinski definition) is 1. The van der Waals surface area contributed by atoms with Crippen LogP contribution in [0.5, 0.6) is 0 Å². The molecule has 5 heteroatoms. The van der Waals surface area contributed by atoms with Gasteiger partial charge in [0, 0.05) is 5.88 Å². The van der Waals surface area contributed by atoms with Crippen LogP contribution in [-0.2, 0) is 16.4 Å². The lowest BCUT2D eigenvalue weighted by atomic mass is 10.2. The van der Waals surface area contributed by atoms with Gasteiger partial charge in [-0.2, -0.15) is 4.72 Å². The molecule has 0 atom stereocenters. The quantitative estimate of drug-likeness (QED) is 0.640. The van der Waals surface area contributed by atoms with Crippen molar-refractivity contribution >= 4 is 21.6 Å². The van der Waals surface area contributed by atoms with Crippen molar-refractivity contribution in [2.45, 2.75) is 11.3 Å². The molecule has 0 aliphatic carbocycles. The second-order valence-electron chi connectivity index (χ2n) is 3.11. The SMILES string of the molecule is C#CCNS(=O)(=O)c1ccc(CCCl)cc1. The molecule has 0 amide bonds. The summed E-state index contributed by atoms with van der Waals surface area (Å²) in [5, 5.41) is 0. The van der Waals surface area contributed by atoms with Gasteiger partial charge in [0.2, 0.25) is 10.0 Å². The van der Waals surface area contributed by atoms with Crippen LogP contribution in [0.2, 0.25) is 0 Å². The minimum Gasteiger partial charge on any atom is -0.207 e. The maximum absolute atomic E-state index is 11.6. The van der Waals surface area contributed by atoms with Crippen molar-refractivity contribution in [3.8, 4) is 12.3 Å². The van der Waals surface area contributed by atoms with Crippen molar-refractivity contribution in [3.63, 3.8) is 0 Å². The minimum atomic E-state index is -3.48. The van der Waals surface area contributed by atoms with E-state index < -0.39 is 10.0 Å². The number of hydrogen-bond acceptors (Lipinski definition) is 2. The first-order valence-corrected chi connectivity index (χ1v) is 6.70. The molecule has 0 aromatic heterocycles. The monoisotopic (exact) mass is 257 g/mol. The molecule has 1 rings (SSSR count). The minimum absolute atomic E-state index is 0.00817. The maximum atomic E-state index is 11.6. The van der Waals surface area contributed by atoms with E-state index in [1.807, 2.05) is 0 Å². The average Bonchev–Trinajstić information content (AvgIpc) is 2.28. The van der Waals surface area contributed by atoms with Crippen LogP contribution in [0.1, 0.15) is 5.56 Å². The Balaban J connectivity index is 2.85. The number of halogens is 1. The van der Waals surface area contributed by atoms with Crippen LogP contribution in [-0.4, -0.2) is 20.8 Å². The number of aryl methyl sites for hydroxylation is 1. The molecule has 0 saturated carbocycles. The van der Waals surface area contributed by atoms with Crippen LogP contribution in [0, 0.1) is 12.3 Å². The third-order valence-electron chi connectivity index (χ3n) is 1.98. The lowest BCUT2D eigenvalue weighted by Crippen LogP contribution is -2.23. The van der Waals surface area contributed by atoms with E-state index in [0.717, 1.165) is 12.0 Å². The predicted molar refractivity (Wildman–Crippen MR) is 64.9 cm³/mol. The van der Waals surface area contributed by atoms with Crippen molar-refractivity contribution in [1.82, 2.24) is 4.72 Å². The van der Waals surface area contributed by atoms with E-state index in [1.165, 1.54) is 0 Å². The summed E-state index contributed by atoms with van der Waals surface area (Å²) in [5.41, 5.74) is 1.01. The fourth-order valence-electron chi connectivity index (χ4n) is 1.16. The van der Waals surface area contributed by atoms with Crippen LogP contribution in [0.3, 0.4) is 0 Å². The third kappa shape index (κ3) is 3.53. The first kappa shape index (κ1) is 13.0. The normalized spacial score (nSPS) is 11.0. The number of terminal acetylenes is 1. The Bertz CT molecular complexity index is 474. The van der Waals surface area contributed by atoms with Crippen LogP contribution < -0.4 is 4.72 Å². The van der Waals surface area contributed by atoms with Gasteiger partial charge >= 0.3 is 0 Å². The third-order valence-corrected chi connectivity index (χ3v) is 3.59. The summed E-state index contributed by atoms with van der Waals surface area (Å²) in [6.07, 6.45) is 5.71. The van der Waals surface area contributed by atoms with Crippen LogP contribution in [0.15, 0.2) is 29.2 Å². The topological polar surface area (TPSA) is 46.2 Å². The van der Waals surface area contributed by atoms with E-state index in [9.17, 15) is 8.42 Å². The standard InChI is InChI=1S/C11H12ClNO2S/c1-2-9-13-16(14,15)11-5-3-10(4-6-11)7-8-12/h1,3-6,13H,7-9H2. The summed E-state index contributed by atoms with van der Waals surface area (Å²) in [6.45, 7) is -0.00817. The molecule has 0 bridgehead atoms. The van der Waals surface area contributed by atoms with Crippen molar-refractivity contribution < 1.29 is 8.42 Å². The number of sulfonamides is 1. The number of alkyl halides is 1. The Morgan fingerprint density at radius 3 is 2.44 bits per heavy atom. The number of benzene rings is 1. The lowest BCUT2D eigenvalue weighted by Gasteiger charge is -2.04. The van der Waals surface area contributed by atoms with Crippen molar-refractivity contribution in [2.24, 2.45) is 0 Å². The molecule has 16 heavy (non-hydrogen) atoms. The zero-order valence-corrected chi connectivity index (χ0v) is 10.2. The van der Waals surface area contributed by atoms with E-state index in [1.54, 1.807) is 24.3 Å². The van der Waals surface area contributed by atoms with Gasteiger partial charge in [-0.3, -0.25) is 0 Å². The van der Waals surface area contributed by atoms with Gasteiger partial charge in [-0.25, -0.2) is 8.42 Å². The zero-order valence-electron chi connectivity index (χ0n) is 8.61. The maximum Gasteiger partial charge on any atom is 0.241 e. The first-order valence-electron chi connectivity index (χ1n) is 4.68. The van der Waals surface area contributed by atoms with E-state index in [2.05, 4.69) is 10.6 Å². The van der Waals surface area contributed by atoms with Gasteiger partial charge in [0.15, 0.2) is 0 Å². The van der Waals surface area contributed by atoms with Gasteiger partial charge in [-0.05, 0) is 24.1 Å². The highest BCUT2D eigenvalue weighted by Crippen LogP contribution is 2.11. The summed E-state index contributed by atoms with van der Waals surface area (Å²) in [6, 6.07) is 6.57. The van der Waals surface area contributed by atoms with Crippen LogP contribution in [0.25, 0.3) is 0 Å². The summed E-state index contributed by atoms with van der Waals surface area (Å²) in [5.74, 6) is 2.73. The van der Waals surface area contributed by atoms with E-state index in [-0.39, 0.29) is 11.4 Å². The van der Waals surface area contributed by atoms with Gasteiger partial charge in [-0.15, -0.1) is 18.0 Å². The second-order valence-corrected chi connectivity index (χ2v) is 5.26. The molecule has 0 aliphatic rings. The van der Waals surface area contributed by atoms with Crippen LogP contribution in [0.4, 0.5) is 0 Å². The smallest absolute Gasteiger partial charge is 0.207 e. The van der Waals surface area contributed by atoms with Crippen molar-refractivity contribution in [2.75, 3.05) is 12.4 Å². The molecule has 86 valence electrons. The van der Waals surface area contributed by atoms with Crippen molar-refractivity contribution in [3.05, 3.63) is 29.8 Å². The summed E-state index contributed by atoms with van der Waals surface area (Å²) >= 11 is 5.58. The molecule has 3 nitrogen and oxygen atoms in total. The van der Waals surface area contributed by atoms with Gasteiger partial charge in [0.1, 0.15) is 0 Å². The molecule has 0 radical (unpaired) electrons. The van der Waals surface area contributed by atoms with E-state index in [0.29, 0.717) is 5.88 Å². The molecule has 0 heterocycles.